The van der Waals surface area contributed by atoms with Gasteiger partial charge in [-0.1, -0.05) is 52.7 Å². The Kier molecular flexibility index (Phi) is 5.89. The van der Waals surface area contributed by atoms with Crippen LogP contribution in [0.1, 0.15) is 17.4 Å². The van der Waals surface area contributed by atoms with Gasteiger partial charge < -0.3 is 5.32 Å². The van der Waals surface area contributed by atoms with Gasteiger partial charge in [-0.3, -0.25) is 0 Å². The number of hydrogen-bond acceptors (Lipinski definition) is 2. The third-order valence-corrected chi connectivity index (χ3v) is 5.02. The van der Waals surface area contributed by atoms with Crippen LogP contribution < -0.4 is 5.32 Å². The largest absolute Gasteiger partial charge is 0.314 e. The van der Waals surface area contributed by atoms with Gasteiger partial charge in [-0.05, 0) is 43.1 Å². The van der Waals surface area contributed by atoms with E-state index in [-0.39, 0.29) is 0 Å². The molecule has 0 fully saturated rings. The number of rotatable bonds is 6. The molecule has 1 N–H and O–H groups in total. The molecule has 0 saturated heterocycles. The SMILES string of the molecule is CCNC(Cc1ccc(Cl)s1)Cc1ccccc1Br. The molecule has 0 radical (unpaired) electrons. The van der Waals surface area contributed by atoms with E-state index in [0.29, 0.717) is 6.04 Å². The molecule has 1 aromatic carbocycles. The monoisotopic (exact) mass is 357 g/mol. The van der Waals surface area contributed by atoms with Crippen LogP contribution in [0.5, 0.6) is 0 Å². The second kappa shape index (κ2) is 7.44. The van der Waals surface area contributed by atoms with E-state index < -0.39 is 0 Å². The predicted molar refractivity (Wildman–Crippen MR) is 88.3 cm³/mol. The summed E-state index contributed by atoms with van der Waals surface area (Å²) < 4.78 is 2.05. The van der Waals surface area contributed by atoms with Crippen LogP contribution in [-0.4, -0.2) is 12.6 Å². The van der Waals surface area contributed by atoms with Crippen molar-refractivity contribution in [2.24, 2.45) is 0 Å². The van der Waals surface area contributed by atoms with Crippen molar-refractivity contribution in [1.29, 1.82) is 0 Å². The van der Waals surface area contributed by atoms with Crippen molar-refractivity contribution in [3.8, 4) is 0 Å². The van der Waals surface area contributed by atoms with Crippen molar-refractivity contribution < 1.29 is 0 Å². The van der Waals surface area contributed by atoms with Crippen LogP contribution in [0.15, 0.2) is 40.9 Å². The average Bonchev–Trinajstić information content (AvgIpc) is 2.78. The fourth-order valence-electron chi connectivity index (χ4n) is 2.14. The molecule has 1 unspecified atom stereocenters. The van der Waals surface area contributed by atoms with E-state index in [9.17, 15) is 0 Å². The highest BCUT2D eigenvalue weighted by atomic mass is 79.9. The van der Waals surface area contributed by atoms with Crippen molar-refractivity contribution in [2.45, 2.75) is 25.8 Å². The smallest absolute Gasteiger partial charge is 0.0931 e. The van der Waals surface area contributed by atoms with Gasteiger partial charge in [0, 0.05) is 15.4 Å². The van der Waals surface area contributed by atoms with E-state index in [4.69, 9.17) is 11.6 Å². The van der Waals surface area contributed by atoms with Crippen LogP contribution in [0.3, 0.4) is 0 Å². The lowest BCUT2D eigenvalue weighted by atomic mass is 10.0. The fourth-order valence-corrected chi connectivity index (χ4v) is 3.75. The lowest BCUT2D eigenvalue weighted by Crippen LogP contribution is -2.32. The summed E-state index contributed by atoms with van der Waals surface area (Å²) in [5.41, 5.74) is 1.34. The Balaban J connectivity index is 2.06. The van der Waals surface area contributed by atoms with Gasteiger partial charge in [0.25, 0.3) is 0 Å². The van der Waals surface area contributed by atoms with Gasteiger partial charge >= 0.3 is 0 Å². The summed E-state index contributed by atoms with van der Waals surface area (Å²) in [7, 11) is 0. The maximum Gasteiger partial charge on any atom is 0.0931 e. The molecule has 0 saturated carbocycles. The third kappa shape index (κ3) is 4.60. The van der Waals surface area contributed by atoms with Gasteiger partial charge in [0.1, 0.15) is 0 Å². The normalized spacial score (nSPS) is 12.6. The van der Waals surface area contributed by atoms with Gasteiger partial charge in [0.15, 0.2) is 0 Å². The summed E-state index contributed by atoms with van der Waals surface area (Å²) in [6.07, 6.45) is 2.04. The van der Waals surface area contributed by atoms with Crippen molar-refractivity contribution in [1.82, 2.24) is 5.32 Å². The molecule has 2 rings (SSSR count). The Morgan fingerprint density at radius 3 is 2.63 bits per heavy atom. The van der Waals surface area contributed by atoms with Crippen LogP contribution in [0.2, 0.25) is 4.34 Å². The zero-order valence-electron chi connectivity index (χ0n) is 10.8. The molecule has 1 aromatic heterocycles. The van der Waals surface area contributed by atoms with Gasteiger partial charge in [-0.2, -0.15) is 0 Å². The first kappa shape index (κ1) is 15.0. The maximum atomic E-state index is 6.00. The second-order valence-corrected chi connectivity index (χ2v) is 7.11. The molecule has 1 atom stereocenters. The molecule has 0 aliphatic rings. The first-order valence-corrected chi connectivity index (χ1v) is 8.38. The van der Waals surface area contributed by atoms with E-state index >= 15 is 0 Å². The fraction of sp³-hybridized carbons (Fsp3) is 0.333. The predicted octanol–water partition coefficient (Wildman–Crippen LogP) is 4.93. The quantitative estimate of drug-likeness (QED) is 0.772. The molecule has 1 heterocycles. The molecule has 0 aliphatic carbocycles. The molecule has 4 heteroatoms. The van der Waals surface area contributed by atoms with Gasteiger partial charge in [0.05, 0.1) is 4.34 Å². The molecule has 0 aliphatic heterocycles. The van der Waals surface area contributed by atoms with Crippen molar-refractivity contribution in [2.75, 3.05) is 6.54 Å². The highest BCUT2D eigenvalue weighted by Crippen LogP contribution is 2.24. The van der Waals surface area contributed by atoms with Crippen LogP contribution in [0, 0.1) is 0 Å². The minimum Gasteiger partial charge on any atom is -0.314 e. The molecular weight excluding hydrogens is 342 g/mol. The zero-order chi connectivity index (χ0) is 13.7. The van der Waals surface area contributed by atoms with E-state index in [1.54, 1.807) is 11.3 Å². The maximum absolute atomic E-state index is 6.00. The second-order valence-electron chi connectivity index (χ2n) is 4.46. The highest BCUT2D eigenvalue weighted by molar-refractivity contribution is 9.10. The van der Waals surface area contributed by atoms with E-state index in [0.717, 1.165) is 23.7 Å². The Bertz CT molecular complexity index is 526. The van der Waals surface area contributed by atoms with Crippen LogP contribution >= 0.6 is 38.9 Å². The zero-order valence-corrected chi connectivity index (χ0v) is 14.0. The summed E-state index contributed by atoms with van der Waals surface area (Å²) in [4.78, 5) is 1.34. The molecule has 0 amide bonds. The third-order valence-electron chi connectivity index (χ3n) is 2.99. The average molecular weight is 359 g/mol. The lowest BCUT2D eigenvalue weighted by Gasteiger charge is -2.18. The van der Waals surface area contributed by atoms with Crippen LogP contribution in [-0.2, 0) is 12.8 Å². The minimum absolute atomic E-state index is 0.443. The van der Waals surface area contributed by atoms with Gasteiger partial charge in [-0.25, -0.2) is 0 Å². The molecule has 1 nitrogen and oxygen atoms in total. The molecule has 0 spiro atoms. The van der Waals surface area contributed by atoms with Gasteiger partial charge in [-0.15, -0.1) is 11.3 Å². The Morgan fingerprint density at radius 2 is 2.00 bits per heavy atom. The first-order valence-electron chi connectivity index (χ1n) is 6.40. The van der Waals surface area contributed by atoms with Crippen LogP contribution in [0.25, 0.3) is 0 Å². The standard InChI is InChI=1S/C15H17BrClNS/c1-2-18-12(10-13-7-8-15(17)19-13)9-11-5-3-4-6-14(11)16/h3-8,12,18H,2,9-10H2,1H3. The molecule has 0 bridgehead atoms. The summed E-state index contributed by atoms with van der Waals surface area (Å²) >= 11 is 11.3. The number of nitrogens with one attached hydrogen (secondary N) is 1. The van der Waals surface area contributed by atoms with E-state index in [1.165, 1.54) is 14.9 Å². The Labute approximate surface area is 132 Å². The van der Waals surface area contributed by atoms with Crippen molar-refractivity contribution in [3.05, 3.63) is 55.6 Å². The van der Waals surface area contributed by atoms with Crippen LogP contribution in [0.4, 0.5) is 0 Å². The summed E-state index contributed by atoms with van der Waals surface area (Å²) in [5, 5.41) is 3.56. The number of halogens is 2. The van der Waals surface area contributed by atoms with Crippen molar-refractivity contribution >= 4 is 38.9 Å². The molecule has 102 valence electrons. The van der Waals surface area contributed by atoms with Crippen molar-refractivity contribution in [3.63, 3.8) is 0 Å². The highest BCUT2D eigenvalue weighted by Gasteiger charge is 2.12. The number of hydrogen-bond donors (Lipinski definition) is 1. The Hall–Kier alpha value is -0.350. The summed E-state index contributed by atoms with van der Waals surface area (Å²) in [6, 6.07) is 13.0. The van der Waals surface area contributed by atoms with E-state index in [2.05, 4.69) is 58.5 Å². The molecule has 2 aromatic rings. The van der Waals surface area contributed by atoms with Gasteiger partial charge in [0.2, 0.25) is 0 Å². The molecule has 19 heavy (non-hydrogen) atoms. The Morgan fingerprint density at radius 1 is 1.21 bits per heavy atom. The lowest BCUT2D eigenvalue weighted by molar-refractivity contribution is 0.524. The number of benzene rings is 1. The van der Waals surface area contributed by atoms with E-state index in [1.807, 2.05) is 6.07 Å². The minimum atomic E-state index is 0.443. The molecular formula is C15H17BrClNS. The first-order chi connectivity index (χ1) is 9.19. The summed E-state index contributed by atoms with van der Waals surface area (Å²) in [5.74, 6) is 0. The number of likely N-dealkylation sites (N-methyl/N-ethyl adjacent to an activating group) is 1. The topological polar surface area (TPSA) is 12.0 Å². The summed E-state index contributed by atoms with van der Waals surface area (Å²) in [6.45, 7) is 3.13. The number of thiophene rings is 1.